The second-order valence-electron chi connectivity index (χ2n) is 7.74. The Hall–Kier alpha value is -3.61. The van der Waals surface area contributed by atoms with E-state index in [0.29, 0.717) is 24.1 Å². The maximum atomic E-state index is 12.3. The van der Waals surface area contributed by atoms with Gasteiger partial charge in [0.25, 0.3) is 0 Å². The Balaban J connectivity index is 1.94. The van der Waals surface area contributed by atoms with Gasteiger partial charge < -0.3 is 20.3 Å². The molecule has 0 aromatic heterocycles. The SMILES string of the molecule is COC(=O)/C=C/c1ccc(CC(C)(C)OC(=O)CCc2cccc(C(=O)O)c2)cc1N. The topological polar surface area (TPSA) is 116 Å². The number of carboxylic acid groups (broad SMARTS) is 1. The van der Waals surface area contributed by atoms with Gasteiger partial charge in [0.2, 0.25) is 0 Å². The number of hydrogen-bond acceptors (Lipinski definition) is 6. The lowest BCUT2D eigenvalue weighted by molar-refractivity contribution is -0.156. The molecule has 2 aromatic rings. The van der Waals surface area contributed by atoms with Gasteiger partial charge in [-0.25, -0.2) is 9.59 Å². The van der Waals surface area contributed by atoms with Crippen LogP contribution in [0.2, 0.25) is 0 Å². The van der Waals surface area contributed by atoms with E-state index in [1.807, 2.05) is 19.9 Å². The van der Waals surface area contributed by atoms with Gasteiger partial charge in [0.05, 0.1) is 12.7 Å². The third-order valence-electron chi connectivity index (χ3n) is 4.56. The summed E-state index contributed by atoms with van der Waals surface area (Å²) in [5.74, 6) is -1.83. The highest BCUT2D eigenvalue weighted by Gasteiger charge is 2.23. The number of aryl methyl sites for hydroxylation is 1. The minimum atomic E-state index is -1.00. The molecule has 0 saturated carbocycles. The summed E-state index contributed by atoms with van der Waals surface area (Å²) in [6, 6.07) is 11.9. The van der Waals surface area contributed by atoms with Crippen LogP contribution in [0.25, 0.3) is 6.08 Å². The average molecular weight is 425 g/mol. The summed E-state index contributed by atoms with van der Waals surface area (Å²) < 4.78 is 10.2. The van der Waals surface area contributed by atoms with Gasteiger partial charge in [-0.1, -0.05) is 24.3 Å². The number of ether oxygens (including phenoxy) is 2. The fraction of sp³-hybridized carbons (Fsp3) is 0.292. The number of carbonyl (C=O) groups is 3. The third-order valence-corrected chi connectivity index (χ3v) is 4.56. The van der Waals surface area contributed by atoms with Crippen LogP contribution in [-0.4, -0.2) is 35.7 Å². The van der Waals surface area contributed by atoms with Crippen LogP contribution in [0.1, 0.15) is 47.3 Å². The summed E-state index contributed by atoms with van der Waals surface area (Å²) in [5, 5.41) is 9.06. The first-order valence-corrected chi connectivity index (χ1v) is 9.78. The molecule has 0 heterocycles. The van der Waals surface area contributed by atoms with E-state index in [4.69, 9.17) is 15.6 Å². The summed E-state index contributed by atoms with van der Waals surface area (Å²) >= 11 is 0. The molecule has 7 nitrogen and oxygen atoms in total. The Morgan fingerprint density at radius 3 is 2.48 bits per heavy atom. The molecule has 164 valence electrons. The molecule has 3 N–H and O–H groups in total. The van der Waals surface area contributed by atoms with Crippen molar-refractivity contribution in [2.24, 2.45) is 0 Å². The number of nitrogen functional groups attached to an aromatic ring is 1. The highest BCUT2D eigenvalue weighted by atomic mass is 16.6. The maximum Gasteiger partial charge on any atom is 0.335 e. The molecule has 31 heavy (non-hydrogen) atoms. The van der Waals surface area contributed by atoms with Gasteiger partial charge in [-0.05, 0) is 61.2 Å². The molecule has 2 aromatic carbocycles. The van der Waals surface area contributed by atoms with Crippen molar-refractivity contribution in [1.29, 1.82) is 0 Å². The van der Waals surface area contributed by atoms with E-state index in [-0.39, 0.29) is 18.0 Å². The molecule has 7 heteroatoms. The lowest BCUT2D eigenvalue weighted by Gasteiger charge is -2.25. The number of aromatic carboxylic acids is 1. The van der Waals surface area contributed by atoms with Crippen LogP contribution in [0.3, 0.4) is 0 Å². The first-order chi connectivity index (χ1) is 14.6. The van der Waals surface area contributed by atoms with E-state index in [1.165, 1.54) is 19.3 Å². The molecule has 0 saturated heterocycles. The van der Waals surface area contributed by atoms with Crippen molar-refractivity contribution in [2.75, 3.05) is 12.8 Å². The molecule has 0 aliphatic heterocycles. The van der Waals surface area contributed by atoms with E-state index in [2.05, 4.69) is 4.74 Å². The number of methoxy groups -OCH3 is 1. The highest BCUT2D eigenvalue weighted by molar-refractivity contribution is 5.88. The zero-order valence-corrected chi connectivity index (χ0v) is 17.9. The van der Waals surface area contributed by atoms with Gasteiger partial charge in [0.15, 0.2) is 0 Å². The summed E-state index contributed by atoms with van der Waals surface area (Å²) in [6.07, 6.45) is 3.87. The average Bonchev–Trinajstić information content (AvgIpc) is 2.71. The first kappa shape index (κ1) is 23.7. The molecule has 0 aliphatic carbocycles. The monoisotopic (exact) mass is 425 g/mol. The lowest BCUT2D eigenvalue weighted by Crippen LogP contribution is -2.30. The molecule has 0 amide bonds. The van der Waals surface area contributed by atoms with Crippen molar-refractivity contribution >= 4 is 29.7 Å². The van der Waals surface area contributed by atoms with Crippen molar-refractivity contribution in [1.82, 2.24) is 0 Å². The molecule has 0 spiro atoms. The Kier molecular flexibility index (Phi) is 7.96. The predicted octanol–water partition coefficient (Wildman–Crippen LogP) is 3.65. The number of benzene rings is 2. The van der Waals surface area contributed by atoms with Crippen molar-refractivity contribution < 1.29 is 29.0 Å². The van der Waals surface area contributed by atoms with Crippen molar-refractivity contribution in [3.63, 3.8) is 0 Å². The van der Waals surface area contributed by atoms with Crippen LogP contribution < -0.4 is 5.73 Å². The number of rotatable bonds is 9. The molecule has 0 bridgehead atoms. The molecule has 0 fully saturated rings. The lowest BCUT2D eigenvalue weighted by atomic mass is 9.96. The summed E-state index contributed by atoms with van der Waals surface area (Å²) in [6.45, 7) is 3.63. The van der Waals surface area contributed by atoms with Crippen LogP contribution in [-0.2, 0) is 31.9 Å². The molecular weight excluding hydrogens is 398 g/mol. The summed E-state index contributed by atoms with van der Waals surface area (Å²) in [7, 11) is 1.30. The fourth-order valence-corrected chi connectivity index (χ4v) is 3.10. The minimum absolute atomic E-state index is 0.145. The molecule has 0 unspecified atom stereocenters. The van der Waals surface area contributed by atoms with E-state index >= 15 is 0 Å². The van der Waals surface area contributed by atoms with Crippen LogP contribution in [0, 0.1) is 0 Å². The zero-order chi connectivity index (χ0) is 23.0. The van der Waals surface area contributed by atoms with Gasteiger partial charge >= 0.3 is 17.9 Å². The van der Waals surface area contributed by atoms with Gasteiger partial charge in [-0.15, -0.1) is 0 Å². The Morgan fingerprint density at radius 1 is 1.10 bits per heavy atom. The molecule has 0 radical (unpaired) electrons. The van der Waals surface area contributed by atoms with Crippen LogP contribution in [0.5, 0.6) is 0 Å². The van der Waals surface area contributed by atoms with Crippen molar-refractivity contribution in [3.05, 3.63) is 70.8 Å². The molecular formula is C24H27NO6. The van der Waals surface area contributed by atoms with Crippen LogP contribution >= 0.6 is 0 Å². The molecule has 2 rings (SSSR count). The van der Waals surface area contributed by atoms with E-state index in [1.54, 1.807) is 36.4 Å². The summed E-state index contributed by atoms with van der Waals surface area (Å²) in [5.41, 5.74) is 8.33. The second kappa shape index (κ2) is 10.4. The van der Waals surface area contributed by atoms with Crippen LogP contribution in [0.15, 0.2) is 48.5 Å². The largest absolute Gasteiger partial charge is 0.478 e. The number of carbonyl (C=O) groups excluding carboxylic acids is 2. The molecule has 0 atom stereocenters. The Labute approximate surface area is 181 Å². The maximum absolute atomic E-state index is 12.3. The second-order valence-corrected chi connectivity index (χ2v) is 7.74. The van der Waals surface area contributed by atoms with E-state index < -0.39 is 17.5 Å². The van der Waals surface area contributed by atoms with Crippen molar-refractivity contribution in [2.45, 2.75) is 38.7 Å². The number of hydrogen-bond donors (Lipinski definition) is 2. The van der Waals surface area contributed by atoms with E-state index in [0.717, 1.165) is 11.1 Å². The summed E-state index contributed by atoms with van der Waals surface area (Å²) in [4.78, 5) is 34.6. The van der Waals surface area contributed by atoms with Crippen LogP contribution in [0.4, 0.5) is 5.69 Å². The number of esters is 2. The van der Waals surface area contributed by atoms with Gasteiger partial charge in [-0.3, -0.25) is 4.79 Å². The predicted molar refractivity (Wildman–Crippen MR) is 118 cm³/mol. The standard InChI is InChI=1S/C24H27NO6/c1-24(2,15-17-7-9-18(20(25)14-17)10-12-21(26)30-3)31-22(27)11-8-16-5-4-6-19(13-16)23(28)29/h4-7,9-10,12-14H,8,11,15,25H2,1-3H3,(H,28,29)/b12-10+. The third kappa shape index (κ3) is 7.62. The van der Waals surface area contributed by atoms with Gasteiger partial charge in [-0.2, -0.15) is 0 Å². The minimum Gasteiger partial charge on any atom is -0.478 e. The molecule has 0 aliphatic rings. The normalized spacial score (nSPS) is 11.3. The zero-order valence-electron chi connectivity index (χ0n) is 17.9. The highest BCUT2D eigenvalue weighted by Crippen LogP contribution is 2.23. The number of nitrogens with two attached hydrogens (primary N) is 1. The number of anilines is 1. The first-order valence-electron chi connectivity index (χ1n) is 9.78. The van der Waals surface area contributed by atoms with E-state index in [9.17, 15) is 14.4 Å². The quantitative estimate of drug-likeness (QED) is 0.358. The van der Waals surface area contributed by atoms with Crippen molar-refractivity contribution in [3.8, 4) is 0 Å². The fourth-order valence-electron chi connectivity index (χ4n) is 3.10. The Morgan fingerprint density at radius 2 is 1.84 bits per heavy atom. The van der Waals surface area contributed by atoms with Gasteiger partial charge in [0, 0.05) is 24.6 Å². The van der Waals surface area contributed by atoms with Gasteiger partial charge in [0.1, 0.15) is 5.60 Å². The number of carboxylic acids is 1. The Bertz CT molecular complexity index is 993. The smallest absolute Gasteiger partial charge is 0.335 e.